The van der Waals surface area contributed by atoms with Crippen molar-refractivity contribution in [3.8, 4) is 0 Å². The summed E-state index contributed by atoms with van der Waals surface area (Å²) >= 11 is 1.52. The lowest BCUT2D eigenvalue weighted by Crippen LogP contribution is -2.18. The van der Waals surface area contributed by atoms with Crippen LogP contribution in [0, 0.1) is 5.92 Å². The largest absolute Gasteiger partial charge is 0.369 e. The predicted octanol–water partition coefficient (Wildman–Crippen LogP) is 2.67. The van der Waals surface area contributed by atoms with Gasteiger partial charge in [-0.2, -0.15) is 0 Å². The van der Waals surface area contributed by atoms with Gasteiger partial charge in [0.25, 0.3) is 6.43 Å². The van der Waals surface area contributed by atoms with Crippen LogP contribution in [0.15, 0.2) is 5.38 Å². The van der Waals surface area contributed by atoms with Crippen molar-refractivity contribution in [2.24, 2.45) is 5.92 Å². The third-order valence-corrected chi connectivity index (χ3v) is 2.82. The lowest BCUT2D eigenvalue weighted by molar-refractivity contribution is 0.00895. The van der Waals surface area contributed by atoms with Crippen LogP contribution >= 0.6 is 11.3 Å². The molecule has 0 amide bonds. The van der Waals surface area contributed by atoms with E-state index in [1.165, 1.54) is 11.3 Å². The molecule has 1 heterocycles. The highest BCUT2D eigenvalue weighted by molar-refractivity contribution is 7.09. The molecule has 1 aromatic heterocycles. The van der Waals surface area contributed by atoms with E-state index < -0.39 is 13.0 Å². The molecule has 1 aromatic rings. The maximum atomic E-state index is 11.8. The number of hydrogen-bond acceptors (Lipinski definition) is 4. The summed E-state index contributed by atoms with van der Waals surface area (Å²) in [5.74, 6) is 0.601. The Morgan fingerprint density at radius 1 is 1.47 bits per heavy atom. The summed E-state index contributed by atoms with van der Waals surface area (Å²) in [6, 6.07) is 0. The van der Waals surface area contributed by atoms with E-state index in [0.29, 0.717) is 5.92 Å². The molecule has 0 radical (unpaired) electrons. The lowest BCUT2D eigenvalue weighted by Gasteiger charge is -2.04. The van der Waals surface area contributed by atoms with Gasteiger partial charge in [-0.25, -0.2) is 13.8 Å². The van der Waals surface area contributed by atoms with Gasteiger partial charge < -0.3 is 10.1 Å². The molecule has 0 unspecified atom stereocenters. The van der Waals surface area contributed by atoms with E-state index in [-0.39, 0.29) is 6.61 Å². The average Bonchev–Trinajstić information content (AvgIpc) is 2.65. The molecule has 1 rings (SSSR count). The Hall–Kier alpha value is -0.590. The van der Waals surface area contributed by atoms with Crippen molar-refractivity contribution >= 4 is 11.3 Å². The van der Waals surface area contributed by atoms with Crippen LogP contribution in [-0.2, 0) is 17.9 Å². The maximum absolute atomic E-state index is 11.8. The first-order valence-corrected chi connectivity index (χ1v) is 6.45. The summed E-state index contributed by atoms with van der Waals surface area (Å²) in [7, 11) is 0. The number of thiazole rings is 1. The minimum absolute atomic E-state index is 0.158. The number of rotatable bonds is 8. The zero-order valence-electron chi connectivity index (χ0n) is 10.1. The number of hydrogen-bond donors (Lipinski definition) is 1. The Kier molecular flexibility index (Phi) is 6.54. The highest BCUT2D eigenvalue weighted by Crippen LogP contribution is 2.11. The molecule has 0 aliphatic heterocycles. The molecular weight excluding hydrogens is 246 g/mol. The van der Waals surface area contributed by atoms with E-state index >= 15 is 0 Å². The molecule has 0 aliphatic rings. The van der Waals surface area contributed by atoms with Gasteiger partial charge in [0.1, 0.15) is 11.6 Å². The summed E-state index contributed by atoms with van der Waals surface area (Å²) in [5.41, 5.74) is 0.719. The van der Waals surface area contributed by atoms with E-state index in [1.807, 2.05) is 5.38 Å². The van der Waals surface area contributed by atoms with Crippen LogP contribution in [-0.4, -0.2) is 24.6 Å². The van der Waals surface area contributed by atoms with Crippen LogP contribution in [0.25, 0.3) is 0 Å². The quantitative estimate of drug-likeness (QED) is 0.784. The van der Waals surface area contributed by atoms with Crippen LogP contribution in [0.5, 0.6) is 0 Å². The van der Waals surface area contributed by atoms with E-state index in [4.69, 9.17) is 4.74 Å². The number of halogens is 2. The van der Waals surface area contributed by atoms with E-state index in [9.17, 15) is 8.78 Å². The van der Waals surface area contributed by atoms with Gasteiger partial charge in [-0.15, -0.1) is 11.3 Å². The van der Waals surface area contributed by atoms with Crippen molar-refractivity contribution < 1.29 is 13.5 Å². The van der Waals surface area contributed by atoms with E-state index in [1.54, 1.807) is 0 Å². The molecule has 0 atom stereocenters. The molecule has 98 valence electrons. The highest BCUT2D eigenvalue weighted by atomic mass is 32.1. The van der Waals surface area contributed by atoms with Gasteiger partial charge in [-0.1, -0.05) is 13.8 Å². The molecule has 0 saturated carbocycles. The van der Waals surface area contributed by atoms with Gasteiger partial charge in [-0.05, 0) is 12.5 Å². The van der Waals surface area contributed by atoms with Gasteiger partial charge in [-0.3, -0.25) is 0 Å². The smallest absolute Gasteiger partial charge is 0.261 e. The standard InChI is InChI=1S/C11H18F2N2OS/c1-8(2)3-14-4-11-15-9(7-17-11)5-16-6-10(12)13/h7-8,10,14H,3-6H2,1-2H3. The molecule has 1 N–H and O–H groups in total. The molecule has 0 fully saturated rings. The Bertz CT molecular complexity index is 290. The summed E-state index contributed by atoms with van der Waals surface area (Å²) in [5, 5.41) is 6.08. The summed E-state index contributed by atoms with van der Waals surface area (Å²) in [4.78, 5) is 4.29. The van der Waals surface area contributed by atoms with Crippen molar-refractivity contribution in [1.82, 2.24) is 10.3 Å². The van der Waals surface area contributed by atoms with Gasteiger partial charge in [0.2, 0.25) is 0 Å². The minimum atomic E-state index is -2.42. The molecule has 0 aromatic carbocycles. The zero-order valence-corrected chi connectivity index (χ0v) is 10.9. The SMILES string of the molecule is CC(C)CNCc1nc(COCC(F)F)cs1. The second-order valence-corrected chi connectivity index (χ2v) is 5.11. The van der Waals surface area contributed by atoms with Crippen molar-refractivity contribution in [2.45, 2.75) is 33.4 Å². The van der Waals surface area contributed by atoms with E-state index in [2.05, 4.69) is 24.1 Å². The molecule has 0 bridgehead atoms. The Morgan fingerprint density at radius 3 is 2.88 bits per heavy atom. The number of ether oxygens (including phenoxy) is 1. The first-order valence-electron chi connectivity index (χ1n) is 5.57. The zero-order chi connectivity index (χ0) is 12.7. The van der Waals surface area contributed by atoms with Crippen molar-refractivity contribution in [3.63, 3.8) is 0 Å². The van der Waals surface area contributed by atoms with Crippen molar-refractivity contribution in [1.29, 1.82) is 0 Å². The summed E-state index contributed by atoms with van der Waals surface area (Å²) in [6.07, 6.45) is -2.42. The molecule has 0 spiro atoms. The number of aromatic nitrogens is 1. The number of alkyl halides is 2. The fraction of sp³-hybridized carbons (Fsp3) is 0.727. The molecule has 3 nitrogen and oxygen atoms in total. The normalized spacial score (nSPS) is 11.6. The van der Waals surface area contributed by atoms with Crippen LogP contribution in [0.4, 0.5) is 8.78 Å². The van der Waals surface area contributed by atoms with Gasteiger partial charge in [0.05, 0.1) is 12.3 Å². The fourth-order valence-electron chi connectivity index (χ4n) is 1.22. The predicted molar refractivity (Wildman–Crippen MR) is 64.3 cm³/mol. The van der Waals surface area contributed by atoms with Crippen LogP contribution in [0.1, 0.15) is 24.5 Å². The summed E-state index contributed by atoms with van der Waals surface area (Å²) in [6.45, 7) is 5.56. The molecule has 17 heavy (non-hydrogen) atoms. The van der Waals surface area contributed by atoms with Gasteiger partial charge in [0, 0.05) is 11.9 Å². The van der Waals surface area contributed by atoms with E-state index in [0.717, 1.165) is 23.8 Å². The highest BCUT2D eigenvalue weighted by Gasteiger charge is 2.05. The second kappa shape index (κ2) is 7.68. The molecule has 0 aliphatic carbocycles. The third-order valence-electron chi connectivity index (χ3n) is 1.92. The second-order valence-electron chi connectivity index (χ2n) is 4.16. The molecule has 0 saturated heterocycles. The first-order chi connectivity index (χ1) is 8.08. The Morgan fingerprint density at radius 2 is 2.24 bits per heavy atom. The van der Waals surface area contributed by atoms with Gasteiger partial charge >= 0.3 is 0 Å². The summed E-state index contributed by atoms with van der Waals surface area (Å²) < 4.78 is 28.5. The lowest BCUT2D eigenvalue weighted by atomic mass is 10.2. The van der Waals surface area contributed by atoms with Gasteiger partial charge in [0.15, 0.2) is 0 Å². The topological polar surface area (TPSA) is 34.2 Å². The number of nitrogens with zero attached hydrogens (tertiary/aromatic N) is 1. The first kappa shape index (κ1) is 14.5. The van der Waals surface area contributed by atoms with Crippen LogP contribution in [0.3, 0.4) is 0 Å². The van der Waals surface area contributed by atoms with Crippen molar-refractivity contribution in [2.75, 3.05) is 13.2 Å². The molecular formula is C11H18F2N2OS. The fourth-order valence-corrected chi connectivity index (χ4v) is 1.96. The Balaban J connectivity index is 2.23. The average molecular weight is 264 g/mol. The third kappa shape index (κ3) is 6.65. The van der Waals surface area contributed by atoms with Crippen molar-refractivity contribution in [3.05, 3.63) is 16.1 Å². The van der Waals surface area contributed by atoms with Crippen LogP contribution < -0.4 is 5.32 Å². The Labute approximate surface area is 104 Å². The minimum Gasteiger partial charge on any atom is -0.369 e. The number of nitrogens with one attached hydrogen (secondary N) is 1. The molecule has 6 heteroatoms. The van der Waals surface area contributed by atoms with Crippen LogP contribution in [0.2, 0.25) is 0 Å². The maximum Gasteiger partial charge on any atom is 0.261 e. The monoisotopic (exact) mass is 264 g/mol.